The zero-order valence-electron chi connectivity index (χ0n) is 5.53. The second-order valence-electron chi connectivity index (χ2n) is 1.52. The highest BCUT2D eigenvalue weighted by Crippen LogP contribution is 1.85. The smallest absolute Gasteiger partial charge is 0.327 e. The maximum Gasteiger partial charge on any atom is 0.327 e. The van der Waals surface area contributed by atoms with Crippen molar-refractivity contribution in [3.05, 3.63) is 12.2 Å². The van der Waals surface area contributed by atoms with E-state index in [1.165, 1.54) is 13.2 Å². The number of esters is 1. The van der Waals surface area contributed by atoms with Crippen molar-refractivity contribution in [2.24, 2.45) is 0 Å². The number of aliphatic carboxylic acids is 1. The van der Waals surface area contributed by atoms with E-state index in [-0.39, 0.29) is 6.42 Å². The molecule has 0 aromatic rings. The highest BCUT2D eigenvalue weighted by molar-refractivity contribution is 5.81. The van der Waals surface area contributed by atoms with Crippen LogP contribution in [0.25, 0.3) is 0 Å². The second-order valence-corrected chi connectivity index (χ2v) is 1.52. The number of rotatable bonds is 3. The van der Waals surface area contributed by atoms with Crippen molar-refractivity contribution in [2.45, 2.75) is 6.42 Å². The Morgan fingerprint density at radius 3 is 2.60 bits per heavy atom. The van der Waals surface area contributed by atoms with E-state index in [0.717, 1.165) is 6.08 Å². The summed E-state index contributed by atoms with van der Waals surface area (Å²) in [7, 11) is 1.25. The number of hydrogen-bond donors (Lipinski definition) is 1. The predicted molar refractivity (Wildman–Crippen MR) is 33.4 cm³/mol. The molecule has 0 heterocycles. The quantitative estimate of drug-likeness (QED) is 0.453. The molecule has 0 rings (SSSR count). The lowest BCUT2D eigenvalue weighted by molar-refractivity contribution is -0.139. The molecule has 4 heteroatoms. The van der Waals surface area contributed by atoms with Crippen molar-refractivity contribution in [1.29, 1.82) is 0 Å². The lowest BCUT2D eigenvalue weighted by Crippen LogP contribution is -1.97. The summed E-state index contributed by atoms with van der Waals surface area (Å²) < 4.78 is 4.25. The van der Waals surface area contributed by atoms with Gasteiger partial charge in [0, 0.05) is 6.08 Å². The van der Waals surface area contributed by atoms with E-state index in [1.807, 2.05) is 0 Å². The highest BCUT2D eigenvalue weighted by atomic mass is 16.5. The third kappa shape index (κ3) is 4.83. The van der Waals surface area contributed by atoms with Crippen LogP contribution in [-0.4, -0.2) is 24.2 Å². The first-order valence-corrected chi connectivity index (χ1v) is 2.63. The summed E-state index contributed by atoms with van der Waals surface area (Å²) in [6.45, 7) is 0. The van der Waals surface area contributed by atoms with Crippen molar-refractivity contribution in [3.8, 4) is 0 Å². The van der Waals surface area contributed by atoms with Crippen LogP contribution in [0.5, 0.6) is 0 Å². The molecule has 0 aromatic heterocycles. The number of ether oxygens (including phenoxy) is 1. The summed E-state index contributed by atoms with van der Waals surface area (Å²) in [6.07, 6.45) is 2.13. The number of hydrogen-bond acceptors (Lipinski definition) is 3. The lowest BCUT2D eigenvalue weighted by atomic mass is 10.4. The Labute approximate surface area is 58.1 Å². The fraction of sp³-hybridized carbons (Fsp3) is 0.333. The van der Waals surface area contributed by atoms with Gasteiger partial charge in [0.1, 0.15) is 0 Å². The van der Waals surface area contributed by atoms with Crippen molar-refractivity contribution in [2.75, 3.05) is 7.11 Å². The van der Waals surface area contributed by atoms with Crippen LogP contribution in [0, 0.1) is 0 Å². The van der Waals surface area contributed by atoms with E-state index in [1.54, 1.807) is 0 Å². The first-order valence-electron chi connectivity index (χ1n) is 2.63. The topological polar surface area (TPSA) is 63.6 Å². The van der Waals surface area contributed by atoms with Crippen LogP contribution in [0.2, 0.25) is 0 Å². The Balaban J connectivity index is 3.53. The molecule has 0 aliphatic carbocycles. The Hall–Kier alpha value is -1.32. The zero-order chi connectivity index (χ0) is 7.98. The van der Waals surface area contributed by atoms with E-state index < -0.39 is 11.9 Å². The van der Waals surface area contributed by atoms with Gasteiger partial charge in [-0.2, -0.15) is 0 Å². The summed E-state index contributed by atoms with van der Waals surface area (Å²) in [6, 6.07) is 0. The van der Waals surface area contributed by atoms with Crippen LogP contribution in [0.4, 0.5) is 0 Å². The van der Waals surface area contributed by atoms with E-state index in [4.69, 9.17) is 5.11 Å². The van der Waals surface area contributed by atoms with Gasteiger partial charge in [-0.25, -0.2) is 4.79 Å². The van der Waals surface area contributed by atoms with Crippen molar-refractivity contribution in [3.63, 3.8) is 0 Å². The molecule has 0 spiro atoms. The minimum absolute atomic E-state index is 0.00278. The first-order chi connectivity index (χ1) is 4.66. The standard InChI is InChI=1S/C6H8O4/c1-10-6(9)4-2-3-5(7)8/h2-3H,4H2,1H3,(H,7,8)/b3-2+. The highest BCUT2D eigenvalue weighted by Gasteiger charge is 1.94. The van der Waals surface area contributed by atoms with Crippen LogP contribution in [0.15, 0.2) is 12.2 Å². The number of carboxylic acids is 1. The van der Waals surface area contributed by atoms with Gasteiger partial charge >= 0.3 is 11.9 Å². The van der Waals surface area contributed by atoms with Gasteiger partial charge in [0.2, 0.25) is 0 Å². The van der Waals surface area contributed by atoms with Crippen LogP contribution in [0.1, 0.15) is 6.42 Å². The molecule has 0 amide bonds. The molecule has 0 atom stereocenters. The van der Waals surface area contributed by atoms with E-state index in [0.29, 0.717) is 0 Å². The van der Waals surface area contributed by atoms with Gasteiger partial charge in [0.05, 0.1) is 13.5 Å². The van der Waals surface area contributed by atoms with E-state index in [9.17, 15) is 9.59 Å². The Morgan fingerprint density at radius 2 is 2.20 bits per heavy atom. The van der Waals surface area contributed by atoms with Crippen LogP contribution in [0.3, 0.4) is 0 Å². The fourth-order valence-electron chi connectivity index (χ4n) is 0.339. The summed E-state index contributed by atoms with van der Waals surface area (Å²) in [5.41, 5.74) is 0. The SMILES string of the molecule is COC(=O)C/C=C/C(=O)O. The average Bonchev–Trinajstić information content (AvgIpc) is 1.87. The summed E-state index contributed by atoms with van der Waals surface area (Å²) >= 11 is 0. The molecule has 0 saturated heterocycles. The Kier molecular flexibility index (Phi) is 3.95. The van der Waals surface area contributed by atoms with Crippen molar-refractivity contribution in [1.82, 2.24) is 0 Å². The molecule has 56 valence electrons. The molecule has 0 aliphatic rings. The van der Waals surface area contributed by atoms with Gasteiger partial charge in [0.15, 0.2) is 0 Å². The van der Waals surface area contributed by atoms with Gasteiger partial charge < -0.3 is 9.84 Å². The average molecular weight is 144 g/mol. The van der Waals surface area contributed by atoms with Gasteiger partial charge in [-0.05, 0) is 0 Å². The molecule has 4 nitrogen and oxygen atoms in total. The van der Waals surface area contributed by atoms with E-state index in [2.05, 4.69) is 4.74 Å². The maximum absolute atomic E-state index is 10.3. The zero-order valence-corrected chi connectivity index (χ0v) is 5.53. The molecule has 0 fully saturated rings. The van der Waals surface area contributed by atoms with Crippen molar-refractivity contribution >= 4 is 11.9 Å². The molecule has 0 bridgehead atoms. The number of carbonyl (C=O) groups is 2. The normalized spacial score (nSPS) is 9.70. The predicted octanol–water partition coefficient (Wildman–Crippen LogP) is 0.190. The molecular formula is C6H8O4. The van der Waals surface area contributed by atoms with Crippen LogP contribution in [-0.2, 0) is 14.3 Å². The minimum atomic E-state index is -1.07. The van der Waals surface area contributed by atoms with Crippen LogP contribution >= 0.6 is 0 Å². The Morgan fingerprint density at radius 1 is 1.60 bits per heavy atom. The van der Waals surface area contributed by atoms with Crippen LogP contribution < -0.4 is 0 Å². The maximum atomic E-state index is 10.3. The molecule has 0 aromatic carbocycles. The fourth-order valence-corrected chi connectivity index (χ4v) is 0.339. The number of carboxylic acid groups (broad SMARTS) is 1. The van der Waals surface area contributed by atoms with Crippen molar-refractivity contribution < 1.29 is 19.4 Å². The van der Waals surface area contributed by atoms with Gasteiger partial charge in [-0.1, -0.05) is 6.08 Å². The Bertz CT molecular complexity index is 159. The number of carbonyl (C=O) groups excluding carboxylic acids is 1. The lowest BCUT2D eigenvalue weighted by Gasteiger charge is -1.89. The summed E-state index contributed by atoms with van der Waals surface area (Å²) in [4.78, 5) is 20.2. The molecule has 1 N–H and O–H groups in total. The monoisotopic (exact) mass is 144 g/mol. The molecule has 10 heavy (non-hydrogen) atoms. The number of methoxy groups -OCH3 is 1. The third-order valence-electron chi connectivity index (χ3n) is 0.773. The summed E-state index contributed by atoms with van der Waals surface area (Å²) in [5.74, 6) is -1.51. The van der Waals surface area contributed by atoms with Gasteiger partial charge in [-0.3, -0.25) is 4.79 Å². The molecule has 0 radical (unpaired) electrons. The van der Waals surface area contributed by atoms with Gasteiger partial charge in [-0.15, -0.1) is 0 Å². The molecule has 0 unspecified atom stereocenters. The third-order valence-corrected chi connectivity index (χ3v) is 0.773. The molecule has 0 saturated carbocycles. The largest absolute Gasteiger partial charge is 0.478 e. The molecular weight excluding hydrogens is 136 g/mol. The first kappa shape index (κ1) is 8.68. The summed E-state index contributed by atoms with van der Waals surface area (Å²) in [5, 5.41) is 8.06. The molecule has 0 aliphatic heterocycles. The minimum Gasteiger partial charge on any atom is -0.478 e. The van der Waals surface area contributed by atoms with Gasteiger partial charge in [0.25, 0.3) is 0 Å². The van der Waals surface area contributed by atoms with E-state index >= 15 is 0 Å². The second kappa shape index (κ2) is 4.55.